The molecule has 1 amide bonds. The number of likely N-dealkylation sites (tertiary alicyclic amines) is 1. The van der Waals surface area contributed by atoms with Crippen LogP contribution < -0.4 is 0 Å². The van der Waals surface area contributed by atoms with Crippen LogP contribution in [0.4, 0.5) is 4.79 Å². The van der Waals surface area contributed by atoms with Crippen LogP contribution in [0.3, 0.4) is 0 Å². The van der Waals surface area contributed by atoms with Gasteiger partial charge in [0.1, 0.15) is 0 Å². The molecule has 20 heavy (non-hydrogen) atoms. The zero-order valence-corrected chi connectivity index (χ0v) is 14.2. The maximum absolute atomic E-state index is 11.8. The smallest absolute Gasteiger partial charge is 0.407 e. The van der Waals surface area contributed by atoms with Gasteiger partial charge in [-0.05, 0) is 32.6 Å². The molecule has 0 radical (unpaired) electrons. The number of rotatable bonds is 7. The fourth-order valence-electron chi connectivity index (χ4n) is 2.78. The molecule has 0 bridgehead atoms. The number of amides is 1. The zero-order chi connectivity index (χ0) is 15.3. The molecule has 1 heterocycles. The summed E-state index contributed by atoms with van der Waals surface area (Å²) in [6.45, 7) is 5.75. The summed E-state index contributed by atoms with van der Waals surface area (Å²) in [5, 5.41) is 8.96. The zero-order valence-electron chi connectivity index (χ0n) is 12.4. The third kappa shape index (κ3) is 4.32. The lowest BCUT2D eigenvalue weighted by molar-refractivity contribution is 0.126. The summed E-state index contributed by atoms with van der Waals surface area (Å²) < 4.78 is 23.5. The average Bonchev–Trinajstić information content (AvgIpc) is 2.40. The van der Waals surface area contributed by atoms with Gasteiger partial charge in [-0.3, -0.25) is 4.57 Å². The van der Waals surface area contributed by atoms with E-state index in [4.69, 9.17) is 13.5 Å². The van der Waals surface area contributed by atoms with E-state index in [0.717, 1.165) is 12.8 Å². The van der Waals surface area contributed by atoms with Crippen LogP contribution in [0.1, 0.15) is 26.7 Å². The van der Waals surface area contributed by atoms with Gasteiger partial charge in [0.2, 0.25) is 0 Å². The maximum atomic E-state index is 11.8. The van der Waals surface area contributed by atoms with Gasteiger partial charge in [-0.15, -0.1) is 0 Å². The molecule has 0 aromatic rings. The summed E-state index contributed by atoms with van der Waals surface area (Å²) in [5.41, 5.74) is 0. The molecule has 1 aliphatic rings. The van der Waals surface area contributed by atoms with Crippen molar-refractivity contribution < 1.29 is 22.8 Å². The van der Waals surface area contributed by atoms with Crippen molar-refractivity contribution in [2.24, 2.45) is 5.92 Å². The Hall–Kier alpha value is -0.360. The van der Waals surface area contributed by atoms with Crippen LogP contribution in [0, 0.1) is 5.92 Å². The van der Waals surface area contributed by atoms with Crippen molar-refractivity contribution in [1.82, 2.24) is 4.90 Å². The first-order chi connectivity index (χ1) is 9.36. The van der Waals surface area contributed by atoms with E-state index in [-0.39, 0.29) is 7.66 Å². The molecule has 1 N–H and O–H groups in total. The van der Waals surface area contributed by atoms with Crippen molar-refractivity contribution in [3.8, 4) is 0 Å². The van der Waals surface area contributed by atoms with Gasteiger partial charge in [0.05, 0.1) is 13.2 Å². The fourth-order valence-corrected chi connectivity index (χ4v) is 7.95. The molecule has 6 nitrogen and oxygen atoms in total. The third-order valence-corrected chi connectivity index (χ3v) is 9.70. The normalized spacial score (nSPS) is 19.8. The van der Waals surface area contributed by atoms with Gasteiger partial charge in [0, 0.05) is 25.1 Å². The third-order valence-electron chi connectivity index (χ3n) is 3.68. The largest absolute Gasteiger partial charge is 0.465 e. The molecular weight excluding hydrogens is 301 g/mol. The Bertz CT molecular complexity index is 354. The van der Waals surface area contributed by atoms with E-state index < -0.39 is 15.4 Å². The molecule has 8 heteroatoms. The number of carbonyl (C=O) groups is 1. The summed E-state index contributed by atoms with van der Waals surface area (Å²) in [6, 6.07) is 0. The van der Waals surface area contributed by atoms with E-state index in [1.54, 1.807) is 0 Å². The minimum Gasteiger partial charge on any atom is -0.465 e. The second-order valence-electron chi connectivity index (χ2n) is 5.33. The molecule has 120 valence electrons. The molecule has 1 aliphatic heterocycles. The van der Waals surface area contributed by atoms with Crippen molar-refractivity contribution in [2.45, 2.75) is 26.7 Å². The SMILES string of the molecule is CCO[SH](C)(CC1CCN(C(=O)O)CC1)(OCC)P=O. The minimum atomic E-state index is -3.14. The summed E-state index contributed by atoms with van der Waals surface area (Å²) in [5.74, 6) is 0.930. The lowest BCUT2D eigenvalue weighted by atomic mass is 9.99. The Morgan fingerprint density at radius 2 is 1.80 bits per heavy atom. The van der Waals surface area contributed by atoms with Crippen LogP contribution >= 0.6 is 17.0 Å². The predicted octanol–water partition coefficient (Wildman–Crippen LogP) is 3.19. The van der Waals surface area contributed by atoms with Crippen LogP contribution in [0.2, 0.25) is 0 Å². The van der Waals surface area contributed by atoms with Gasteiger partial charge in [-0.2, -0.15) is 0 Å². The lowest BCUT2D eigenvalue weighted by Gasteiger charge is -2.59. The van der Waals surface area contributed by atoms with E-state index in [9.17, 15) is 9.36 Å². The number of thiol groups is 1. The number of nitrogens with zero attached hydrogens (tertiary/aromatic N) is 1. The van der Waals surface area contributed by atoms with Crippen molar-refractivity contribution in [3.63, 3.8) is 0 Å². The van der Waals surface area contributed by atoms with Crippen molar-refractivity contribution in [1.29, 1.82) is 0 Å². The molecule has 0 atom stereocenters. The van der Waals surface area contributed by atoms with Crippen LogP contribution in [-0.2, 0) is 12.9 Å². The van der Waals surface area contributed by atoms with Crippen molar-refractivity contribution in [2.75, 3.05) is 38.3 Å². The monoisotopic (exact) mass is 327 g/mol. The molecule has 1 rings (SSSR count). The Balaban J connectivity index is 2.72. The Morgan fingerprint density at radius 3 is 2.15 bits per heavy atom. The lowest BCUT2D eigenvalue weighted by Crippen LogP contribution is -2.39. The van der Waals surface area contributed by atoms with Gasteiger partial charge in [0.25, 0.3) is 7.66 Å². The second-order valence-corrected chi connectivity index (χ2v) is 12.9. The predicted molar refractivity (Wildman–Crippen MR) is 83.0 cm³/mol. The van der Waals surface area contributed by atoms with E-state index in [0.29, 0.717) is 38.0 Å². The molecule has 1 fully saturated rings. The van der Waals surface area contributed by atoms with Crippen LogP contribution in [0.25, 0.3) is 0 Å². The molecular formula is C12H26NO5PS. The fraction of sp³-hybridized carbons (Fsp3) is 0.917. The number of carboxylic acid groups (broad SMARTS) is 1. The van der Waals surface area contributed by atoms with Crippen molar-refractivity contribution >= 4 is 23.1 Å². The maximum Gasteiger partial charge on any atom is 0.407 e. The van der Waals surface area contributed by atoms with Gasteiger partial charge < -0.3 is 18.4 Å². The highest BCUT2D eigenvalue weighted by Crippen LogP contribution is 2.78. The molecule has 0 aromatic heterocycles. The summed E-state index contributed by atoms with van der Waals surface area (Å²) in [7, 11) is -3.20. The van der Waals surface area contributed by atoms with E-state index >= 15 is 0 Å². The van der Waals surface area contributed by atoms with E-state index in [1.807, 2.05) is 20.1 Å². The second kappa shape index (κ2) is 7.07. The minimum absolute atomic E-state index is 0.0594. The number of hydrogen-bond donors (Lipinski definition) is 2. The number of hydrogen-bond acceptors (Lipinski definition) is 4. The number of piperidine rings is 1. The van der Waals surface area contributed by atoms with Crippen molar-refractivity contribution in [3.05, 3.63) is 0 Å². The topological polar surface area (TPSA) is 76.1 Å². The highest BCUT2D eigenvalue weighted by molar-refractivity contribution is 8.76. The molecule has 0 aromatic carbocycles. The molecule has 0 spiro atoms. The van der Waals surface area contributed by atoms with Crippen LogP contribution in [0.5, 0.6) is 0 Å². The Kier molecular flexibility index (Phi) is 6.25. The van der Waals surface area contributed by atoms with Gasteiger partial charge >= 0.3 is 6.09 Å². The van der Waals surface area contributed by atoms with Crippen LogP contribution in [-0.4, -0.2) is 54.4 Å². The summed E-state index contributed by atoms with van der Waals surface area (Å²) in [6.07, 6.45) is 2.53. The van der Waals surface area contributed by atoms with Gasteiger partial charge in [-0.25, -0.2) is 14.1 Å². The van der Waals surface area contributed by atoms with Crippen LogP contribution in [0.15, 0.2) is 0 Å². The first-order valence-electron chi connectivity index (χ1n) is 7.01. The Labute approximate surface area is 122 Å². The van der Waals surface area contributed by atoms with Gasteiger partial charge in [-0.1, -0.05) is 0 Å². The Morgan fingerprint density at radius 1 is 1.30 bits per heavy atom. The highest BCUT2D eigenvalue weighted by Gasteiger charge is 2.36. The molecule has 0 aliphatic carbocycles. The van der Waals surface area contributed by atoms with E-state index in [1.165, 1.54) is 4.90 Å². The molecule has 0 saturated carbocycles. The molecule has 1 saturated heterocycles. The average molecular weight is 327 g/mol. The molecule has 0 unspecified atom stereocenters. The summed E-state index contributed by atoms with van der Waals surface area (Å²) >= 11 is 0. The quantitative estimate of drug-likeness (QED) is 0.555. The first-order valence-corrected chi connectivity index (χ1v) is 11.2. The summed E-state index contributed by atoms with van der Waals surface area (Å²) in [4.78, 5) is 12.3. The first kappa shape index (κ1) is 17.7. The highest BCUT2D eigenvalue weighted by atomic mass is 32.8. The standard InChI is InChI=1S/C12H26NO5PS/c1-4-17-20(3,19-16,18-5-2)10-11-6-8-13(9-7-11)12(14)15/h11,20H,4-10H2,1-3H3,(H,14,15). The van der Waals surface area contributed by atoms with Gasteiger partial charge in [0.15, 0.2) is 0 Å². The van der Waals surface area contributed by atoms with E-state index in [2.05, 4.69) is 0 Å².